The molecule has 13 nitrogen and oxygen atoms in total. The number of nitrogens with one attached hydrogen (secondary N) is 2. The highest BCUT2D eigenvalue weighted by Crippen LogP contribution is 2.30. The molecule has 50 heavy (non-hydrogen) atoms. The Balaban J connectivity index is 1.55. The van der Waals surface area contributed by atoms with Gasteiger partial charge in [0.15, 0.2) is 0 Å². The molecular weight excluding hydrogens is 679 g/mol. The summed E-state index contributed by atoms with van der Waals surface area (Å²) < 4.78 is 29.2. The zero-order chi connectivity index (χ0) is 36.3. The van der Waals surface area contributed by atoms with E-state index in [0.29, 0.717) is 24.2 Å². The Kier molecular flexibility index (Phi) is 14.3. The van der Waals surface area contributed by atoms with Gasteiger partial charge in [0.25, 0.3) is 0 Å². The van der Waals surface area contributed by atoms with E-state index in [2.05, 4.69) is 20.8 Å². The van der Waals surface area contributed by atoms with Gasteiger partial charge in [-0.3, -0.25) is 4.79 Å². The second-order valence-electron chi connectivity index (χ2n) is 12.9. The van der Waals surface area contributed by atoms with Crippen molar-refractivity contribution in [2.75, 3.05) is 20.1 Å². The number of sulfonamides is 1. The van der Waals surface area contributed by atoms with Crippen LogP contribution in [0, 0.1) is 11.8 Å². The van der Waals surface area contributed by atoms with E-state index in [-0.39, 0.29) is 42.8 Å². The van der Waals surface area contributed by atoms with E-state index in [1.165, 1.54) is 51.0 Å². The molecule has 1 unspecified atom stereocenters. The lowest BCUT2D eigenvalue weighted by Gasteiger charge is -2.35. The van der Waals surface area contributed by atoms with Gasteiger partial charge < -0.3 is 31.6 Å². The lowest BCUT2D eigenvalue weighted by molar-refractivity contribution is -0.125. The maximum atomic E-state index is 14.0. The molecule has 1 saturated carbocycles. The van der Waals surface area contributed by atoms with Crippen molar-refractivity contribution >= 4 is 39.5 Å². The highest BCUT2D eigenvalue weighted by Gasteiger charge is 2.35. The number of nitrogens with zero attached hydrogens (tertiary/aromatic N) is 4. The highest BCUT2D eigenvalue weighted by atomic mass is 32.2. The molecule has 1 heterocycles. The molecule has 3 amide bonds. The van der Waals surface area contributed by atoms with Crippen LogP contribution in [0.25, 0.3) is 0 Å². The third-order valence-corrected chi connectivity index (χ3v) is 12.0. The Bertz CT molecular complexity index is 1670. The van der Waals surface area contributed by atoms with Gasteiger partial charge in [0, 0.05) is 32.1 Å². The number of aliphatic hydroxyl groups is 1. The Morgan fingerprint density at radius 1 is 1.14 bits per heavy atom. The minimum Gasteiger partial charge on any atom is -0.411 e. The number of oxime groups is 1. The number of carbonyl (C=O) groups is 2. The number of hydrogen-bond donors (Lipinski definition) is 5. The second-order valence-corrected chi connectivity index (χ2v) is 15.8. The normalized spacial score (nSPS) is 16.0. The van der Waals surface area contributed by atoms with Crippen LogP contribution in [0.4, 0.5) is 4.79 Å². The lowest BCUT2D eigenvalue weighted by Crippen LogP contribution is -2.58. The molecule has 1 fully saturated rings. The minimum absolute atomic E-state index is 0.0447. The van der Waals surface area contributed by atoms with Crippen LogP contribution in [0.1, 0.15) is 61.4 Å². The van der Waals surface area contributed by atoms with E-state index in [0.717, 1.165) is 29.8 Å². The van der Waals surface area contributed by atoms with Gasteiger partial charge in [0.2, 0.25) is 15.9 Å². The maximum absolute atomic E-state index is 14.0. The Morgan fingerprint density at radius 2 is 1.84 bits per heavy atom. The molecule has 4 rings (SSSR count). The predicted octanol–water partition coefficient (Wildman–Crippen LogP) is 3.55. The van der Waals surface area contributed by atoms with Crippen molar-refractivity contribution < 1.29 is 28.3 Å². The zero-order valence-corrected chi connectivity index (χ0v) is 30.4. The molecule has 0 aliphatic heterocycles. The zero-order valence-electron chi connectivity index (χ0n) is 28.8. The van der Waals surface area contributed by atoms with E-state index < -0.39 is 40.1 Å². The summed E-state index contributed by atoms with van der Waals surface area (Å²) in [5.74, 6) is -0.567. The molecule has 0 spiro atoms. The first-order valence-electron chi connectivity index (χ1n) is 16.9. The summed E-state index contributed by atoms with van der Waals surface area (Å²) in [5, 5.41) is 32.1. The van der Waals surface area contributed by atoms with Crippen molar-refractivity contribution in [2.24, 2.45) is 22.7 Å². The molecule has 1 aromatic heterocycles. The van der Waals surface area contributed by atoms with E-state index >= 15 is 0 Å². The first kappa shape index (κ1) is 38.9. The molecule has 2 aromatic carbocycles. The molecule has 15 heteroatoms. The summed E-state index contributed by atoms with van der Waals surface area (Å²) in [6, 6.07) is 13.0. The van der Waals surface area contributed by atoms with E-state index in [1.807, 2.05) is 49.6 Å². The van der Waals surface area contributed by atoms with Gasteiger partial charge in [-0.25, -0.2) is 18.2 Å². The average molecular weight is 728 g/mol. The number of rotatable bonds is 18. The Labute approximate surface area is 298 Å². The summed E-state index contributed by atoms with van der Waals surface area (Å²) in [5.41, 5.74) is 7.74. The van der Waals surface area contributed by atoms with Gasteiger partial charge in [-0.05, 0) is 54.4 Å². The lowest BCUT2D eigenvalue weighted by atomic mass is 9.85. The minimum atomic E-state index is -4.04. The van der Waals surface area contributed by atoms with Crippen molar-refractivity contribution in [1.29, 1.82) is 0 Å². The van der Waals surface area contributed by atoms with Crippen LogP contribution in [0.5, 0.6) is 0 Å². The van der Waals surface area contributed by atoms with Gasteiger partial charge in [-0.2, -0.15) is 4.31 Å². The van der Waals surface area contributed by atoms with E-state index in [9.17, 15) is 23.1 Å². The molecular formula is C35H49N7O6S2. The SMILES string of the molecule is CC[C@H](C)[C@@H](NC(=O)N(C)Cc1csc(CN)n1)C(=O)N[C@@H](Cc1ccccc1)C(O)CN(CC1CCC1)S(=O)(=O)c1ccc(/C=N/O)cc1. The molecule has 1 aliphatic carbocycles. The summed E-state index contributed by atoms with van der Waals surface area (Å²) >= 11 is 1.42. The van der Waals surface area contributed by atoms with Crippen molar-refractivity contribution in [1.82, 2.24) is 24.8 Å². The summed E-state index contributed by atoms with van der Waals surface area (Å²) in [6.07, 6.45) is 3.53. The second kappa shape index (κ2) is 18.4. The fourth-order valence-electron chi connectivity index (χ4n) is 5.71. The van der Waals surface area contributed by atoms with Gasteiger partial charge in [-0.1, -0.05) is 74.3 Å². The van der Waals surface area contributed by atoms with Crippen molar-refractivity contribution in [3.05, 3.63) is 81.8 Å². The predicted molar refractivity (Wildman–Crippen MR) is 193 cm³/mol. The molecule has 0 bridgehead atoms. The van der Waals surface area contributed by atoms with Gasteiger partial charge in [0.1, 0.15) is 11.0 Å². The number of aliphatic hydroxyl groups excluding tert-OH is 1. The van der Waals surface area contributed by atoms with Crippen LogP contribution in [-0.4, -0.2) is 89.4 Å². The van der Waals surface area contributed by atoms with E-state index in [1.54, 1.807) is 7.05 Å². The number of nitrogens with two attached hydrogens (primary N) is 1. The summed E-state index contributed by atoms with van der Waals surface area (Å²) in [6.45, 7) is 4.31. The van der Waals surface area contributed by atoms with Crippen molar-refractivity contribution in [2.45, 2.75) is 82.1 Å². The quantitative estimate of drug-likeness (QED) is 0.0747. The van der Waals surface area contributed by atoms with Gasteiger partial charge in [-0.15, -0.1) is 11.3 Å². The van der Waals surface area contributed by atoms with Crippen molar-refractivity contribution in [3.63, 3.8) is 0 Å². The van der Waals surface area contributed by atoms with Crippen LogP contribution in [0.15, 0.2) is 70.0 Å². The van der Waals surface area contributed by atoms with Crippen LogP contribution in [-0.2, 0) is 34.3 Å². The smallest absolute Gasteiger partial charge is 0.318 e. The topological polar surface area (TPSA) is 191 Å². The fraction of sp³-hybridized carbons (Fsp3) is 0.486. The van der Waals surface area contributed by atoms with Crippen LogP contribution < -0.4 is 16.4 Å². The molecule has 4 atom stereocenters. The molecule has 3 aromatic rings. The van der Waals surface area contributed by atoms with Crippen LogP contribution in [0.3, 0.4) is 0 Å². The molecule has 272 valence electrons. The maximum Gasteiger partial charge on any atom is 0.318 e. The fourth-order valence-corrected chi connectivity index (χ4v) is 7.91. The molecule has 0 saturated heterocycles. The van der Waals surface area contributed by atoms with Gasteiger partial charge in [0.05, 0.1) is 35.5 Å². The standard InChI is InChI=1S/C35H49N7O6S2/c1-4-24(2)33(40-35(45)41(3)21-28-23-49-32(18-36)38-28)34(44)39-30(17-25-9-6-5-7-10-25)31(43)22-42(20-27-11-8-12-27)50(47,48)29-15-13-26(14-16-29)19-37-46/h5-7,9-10,13-16,19,23-24,27,30-31,33,43,46H,4,8,11-12,17-18,20-22,36H2,1-3H3,(H,39,44)(H,40,45)/b37-19+/t24-,30-,31?,33+/m0/s1. The first-order valence-corrected chi connectivity index (χ1v) is 19.2. The first-order chi connectivity index (χ1) is 23.9. The third kappa shape index (κ3) is 10.6. The van der Waals surface area contributed by atoms with E-state index in [4.69, 9.17) is 10.9 Å². The number of aromatic nitrogens is 1. The number of hydrogen-bond acceptors (Lipinski definition) is 10. The third-order valence-electron chi connectivity index (χ3n) is 9.19. The Hall–Kier alpha value is -3.89. The van der Waals surface area contributed by atoms with Gasteiger partial charge >= 0.3 is 6.03 Å². The number of urea groups is 1. The largest absolute Gasteiger partial charge is 0.411 e. The number of benzene rings is 2. The van der Waals surface area contributed by atoms with Crippen LogP contribution in [0.2, 0.25) is 0 Å². The average Bonchev–Trinajstić information content (AvgIpc) is 3.55. The molecule has 1 aliphatic rings. The summed E-state index contributed by atoms with van der Waals surface area (Å²) in [4.78, 5) is 33.2. The highest BCUT2D eigenvalue weighted by molar-refractivity contribution is 7.89. The Morgan fingerprint density at radius 3 is 2.42 bits per heavy atom. The molecule has 6 N–H and O–H groups in total. The number of thiazole rings is 1. The monoisotopic (exact) mass is 727 g/mol. The molecule has 0 radical (unpaired) electrons. The number of amides is 3. The number of carbonyl (C=O) groups excluding carboxylic acids is 2. The van der Waals surface area contributed by atoms with Crippen LogP contribution >= 0.6 is 11.3 Å². The van der Waals surface area contributed by atoms with Crippen molar-refractivity contribution in [3.8, 4) is 0 Å². The summed E-state index contributed by atoms with van der Waals surface area (Å²) in [7, 11) is -2.42.